The Hall–Kier alpha value is -2.67. The van der Waals surface area contributed by atoms with Gasteiger partial charge in [0.2, 0.25) is 16.0 Å². The highest BCUT2D eigenvalue weighted by atomic mass is 35.5. The van der Waals surface area contributed by atoms with Crippen LogP contribution in [0, 0.1) is 0 Å². The molecule has 0 aliphatic carbocycles. The molecule has 0 fully saturated rings. The van der Waals surface area contributed by atoms with Crippen molar-refractivity contribution < 1.29 is 17.9 Å². The molecule has 0 spiro atoms. The van der Waals surface area contributed by atoms with Gasteiger partial charge in [-0.15, -0.1) is 10.2 Å². The molecule has 3 rings (SSSR count). The van der Waals surface area contributed by atoms with E-state index in [9.17, 15) is 8.42 Å². The number of aromatic nitrogens is 6. The van der Waals surface area contributed by atoms with Crippen LogP contribution < -0.4 is 4.72 Å². The summed E-state index contributed by atoms with van der Waals surface area (Å²) in [6.45, 7) is 3.39. The molecule has 0 aromatic carbocycles. The second-order valence-electron chi connectivity index (χ2n) is 6.80. The van der Waals surface area contributed by atoms with Gasteiger partial charge in [-0.1, -0.05) is 24.6 Å². The Morgan fingerprint density at radius 1 is 1.12 bits per heavy atom. The first-order chi connectivity index (χ1) is 15.3. The lowest BCUT2D eigenvalue weighted by molar-refractivity contribution is 0.0438. The molecule has 3 heterocycles. The van der Waals surface area contributed by atoms with E-state index in [1.165, 1.54) is 33.5 Å². The van der Waals surface area contributed by atoms with Gasteiger partial charge in [0.05, 0.1) is 5.02 Å². The second kappa shape index (κ2) is 10.3. The fourth-order valence-corrected chi connectivity index (χ4v) is 4.35. The highest BCUT2D eigenvalue weighted by Crippen LogP contribution is 2.29. The van der Waals surface area contributed by atoms with Crippen LogP contribution in [0.25, 0.3) is 11.5 Å². The van der Waals surface area contributed by atoms with Crippen molar-refractivity contribution >= 4 is 27.6 Å². The maximum atomic E-state index is 13.2. The smallest absolute Gasteiger partial charge is 0.240 e. The molecular formula is C19H24ClN7O4S. The van der Waals surface area contributed by atoms with Crippen molar-refractivity contribution in [3.63, 3.8) is 0 Å². The minimum Gasteiger partial charge on any atom is -0.372 e. The quantitative estimate of drug-likeness (QED) is 0.463. The monoisotopic (exact) mass is 481 g/mol. The minimum atomic E-state index is -4.01. The molecule has 0 aliphatic rings. The van der Waals surface area contributed by atoms with Crippen molar-refractivity contribution in [2.24, 2.45) is 0 Å². The predicted octanol–water partition coefficient (Wildman–Crippen LogP) is 2.86. The molecule has 0 bridgehead atoms. The Bertz CT molecular complexity index is 1120. The van der Waals surface area contributed by atoms with Gasteiger partial charge in [-0.2, -0.15) is 0 Å². The molecule has 13 heteroatoms. The molecule has 3 aromatic rings. The predicted molar refractivity (Wildman–Crippen MR) is 118 cm³/mol. The zero-order valence-corrected chi connectivity index (χ0v) is 19.6. The van der Waals surface area contributed by atoms with Crippen LogP contribution in [0.4, 0.5) is 5.95 Å². The van der Waals surface area contributed by atoms with E-state index in [-0.39, 0.29) is 11.8 Å². The lowest BCUT2D eigenvalue weighted by Gasteiger charge is -2.23. The van der Waals surface area contributed by atoms with E-state index in [1.807, 2.05) is 6.92 Å². The van der Waals surface area contributed by atoms with Crippen molar-refractivity contribution in [3.8, 4) is 11.5 Å². The number of methoxy groups -OCH3 is 2. The van der Waals surface area contributed by atoms with Crippen molar-refractivity contribution in [1.82, 2.24) is 29.7 Å². The molecule has 3 aromatic heterocycles. The zero-order valence-electron chi connectivity index (χ0n) is 18.0. The van der Waals surface area contributed by atoms with Gasteiger partial charge in [-0.3, -0.25) is 14.3 Å². The summed E-state index contributed by atoms with van der Waals surface area (Å²) in [6.07, 6.45) is 3.45. The molecule has 0 radical (unpaired) electrons. The van der Waals surface area contributed by atoms with Crippen LogP contribution in [0.1, 0.15) is 38.4 Å². The van der Waals surface area contributed by atoms with Gasteiger partial charge in [0, 0.05) is 32.8 Å². The zero-order chi connectivity index (χ0) is 23.3. The summed E-state index contributed by atoms with van der Waals surface area (Å²) < 4.78 is 41.5. The minimum absolute atomic E-state index is 0.00178. The van der Waals surface area contributed by atoms with Crippen molar-refractivity contribution in [3.05, 3.63) is 47.6 Å². The first kappa shape index (κ1) is 24.0. The third kappa shape index (κ3) is 5.04. The van der Waals surface area contributed by atoms with E-state index in [1.54, 1.807) is 29.0 Å². The molecule has 0 saturated carbocycles. The van der Waals surface area contributed by atoms with Crippen molar-refractivity contribution in [2.45, 2.75) is 37.9 Å². The third-order valence-electron chi connectivity index (χ3n) is 4.80. The summed E-state index contributed by atoms with van der Waals surface area (Å²) in [4.78, 5) is 12.5. The summed E-state index contributed by atoms with van der Waals surface area (Å²) in [7, 11) is -1.10. The largest absolute Gasteiger partial charge is 0.372 e. The first-order valence-electron chi connectivity index (χ1n) is 9.73. The molecule has 172 valence electrons. The molecule has 0 amide bonds. The van der Waals surface area contributed by atoms with Crippen LogP contribution in [0.3, 0.4) is 0 Å². The number of hydrogen-bond donors (Lipinski definition) is 1. The van der Waals surface area contributed by atoms with Gasteiger partial charge in [0.25, 0.3) is 0 Å². The Kier molecular flexibility index (Phi) is 7.72. The van der Waals surface area contributed by atoms with Gasteiger partial charge < -0.3 is 9.47 Å². The Labute approximate surface area is 191 Å². The van der Waals surface area contributed by atoms with Crippen molar-refractivity contribution in [1.29, 1.82) is 0 Å². The number of rotatable bonds is 10. The summed E-state index contributed by atoms with van der Waals surface area (Å²) in [6, 6.07) is 5.33. The van der Waals surface area contributed by atoms with Crippen LogP contribution in [0.5, 0.6) is 0 Å². The number of pyridine rings is 1. The highest BCUT2D eigenvalue weighted by molar-refractivity contribution is 7.93. The summed E-state index contributed by atoms with van der Waals surface area (Å²) in [5.41, 5.74) is 0.526. The maximum Gasteiger partial charge on any atom is 0.240 e. The average molecular weight is 482 g/mol. The fourth-order valence-electron chi connectivity index (χ4n) is 3.12. The Morgan fingerprint density at radius 2 is 1.84 bits per heavy atom. The molecule has 3 atom stereocenters. The summed E-state index contributed by atoms with van der Waals surface area (Å²) >= 11 is 5.83. The fraction of sp³-hybridized carbons (Fsp3) is 0.421. The van der Waals surface area contributed by atoms with Gasteiger partial charge in [0.1, 0.15) is 23.3 Å². The third-order valence-corrected chi connectivity index (χ3v) is 6.69. The van der Waals surface area contributed by atoms with Crippen molar-refractivity contribution in [2.75, 3.05) is 18.9 Å². The van der Waals surface area contributed by atoms with E-state index in [2.05, 4.69) is 29.9 Å². The number of nitrogens with one attached hydrogen (secondary N) is 1. The molecule has 1 unspecified atom stereocenters. The maximum absolute atomic E-state index is 13.2. The first-order valence-corrected chi connectivity index (χ1v) is 11.7. The van der Waals surface area contributed by atoms with E-state index in [0.717, 1.165) is 0 Å². The standard InChI is InChI=1S/C19H24ClN7O4S/c1-5-15(30-3)27-18(14-8-6-7-9-21-14)24-25-19(27)26-32(28,29)12(2)16(31-4)17-22-10-13(20)11-23-17/h6-12,15-16H,5H2,1-4H3,(H,25,26)/t12-,15?,16-/m0/s1. The number of nitrogens with zero attached hydrogens (tertiary/aromatic N) is 6. The van der Waals surface area contributed by atoms with Gasteiger partial charge >= 0.3 is 0 Å². The van der Waals surface area contributed by atoms with Crippen LogP contribution in [-0.4, -0.2) is 57.6 Å². The van der Waals surface area contributed by atoms with E-state index in [4.69, 9.17) is 21.1 Å². The summed E-state index contributed by atoms with van der Waals surface area (Å²) in [5, 5.41) is 7.47. The van der Waals surface area contributed by atoms with Crippen LogP contribution in [0.2, 0.25) is 5.02 Å². The average Bonchev–Trinajstić information content (AvgIpc) is 3.19. The lowest BCUT2D eigenvalue weighted by atomic mass is 10.2. The highest BCUT2D eigenvalue weighted by Gasteiger charge is 2.35. The van der Waals surface area contributed by atoms with E-state index < -0.39 is 27.6 Å². The van der Waals surface area contributed by atoms with E-state index in [0.29, 0.717) is 23.0 Å². The molecule has 0 aliphatic heterocycles. The normalized spacial score (nSPS) is 14.7. The Balaban J connectivity index is 1.97. The van der Waals surface area contributed by atoms with Gasteiger partial charge in [-0.25, -0.2) is 18.4 Å². The number of halogens is 1. The number of ether oxygens (including phenoxy) is 2. The second-order valence-corrected chi connectivity index (χ2v) is 9.27. The molecule has 1 N–H and O–H groups in total. The van der Waals surface area contributed by atoms with Crippen LogP contribution >= 0.6 is 11.6 Å². The summed E-state index contributed by atoms with van der Waals surface area (Å²) in [5.74, 6) is 0.556. The van der Waals surface area contributed by atoms with Crippen LogP contribution in [-0.2, 0) is 19.5 Å². The molecule has 0 saturated heterocycles. The number of hydrogen-bond acceptors (Lipinski definition) is 9. The van der Waals surface area contributed by atoms with Crippen LogP contribution in [0.15, 0.2) is 36.8 Å². The molecule has 32 heavy (non-hydrogen) atoms. The lowest BCUT2D eigenvalue weighted by Crippen LogP contribution is -2.34. The topological polar surface area (TPSA) is 134 Å². The molecular weight excluding hydrogens is 458 g/mol. The van der Waals surface area contributed by atoms with Gasteiger partial charge in [-0.05, 0) is 25.5 Å². The Morgan fingerprint density at radius 3 is 2.41 bits per heavy atom. The number of anilines is 1. The number of sulfonamides is 1. The molecule has 11 nitrogen and oxygen atoms in total. The van der Waals surface area contributed by atoms with E-state index >= 15 is 0 Å². The van der Waals surface area contributed by atoms with Gasteiger partial charge in [0.15, 0.2) is 11.6 Å². The SMILES string of the molecule is CCC(OC)n1c(NS(=O)(=O)[C@@H](C)[C@H](OC)c2ncc(Cl)cn2)nnc1-c1ccccn1.